The van der Waals surface area contributed by atoms with E-state index < -0.39 is 15.8 Å². The molecule has 0 bridgehead atoms. The predicted molar refractivity (Wildman–Crippen MR) is 77.2 cm³/mol. The first-order valence-electron chi connectivity index (χ1n) is 6.28. The molecule has 7 heteroatoms. The maximum atomic E-state index is 13.1. The van der Waals surface area contributed by atoms with Gasteiger partial charge in [0.2, 0.25) is 10.0 Å². The largest absolute Gasteiger partial charge is 0.326 e. The van der Waals surface area contributed by atoms with Gasteiger partial charge in [-0.2, -0.15) is 4.31 Å². The quantitative estimate of drug-likeness (QED) is 0.908. The van der Waals surface area contributed by atoms with E-state index in [-0.39, 0.29) is 11.4 Å². The van der Waals surface area contributed by atoms with E-state index >= 15 is 0 Å². The van der Waals surface area contributed by atoms with Crippen molar-refractivity contribution < 1.29 is 12.8 Å². The van der Waals surface area contributed by atoms with E-state index in [1.54, 1.807) is 0 Å². The van der Waals surface area contributed by atoms with E-state index in [1.165, 1.54) is 7.05 Å². The molecule has 2 N–H and O–H groups in total. The van der Waals surface area contributed by atoms with Crippen LogP contribution in [-0.2, 0) is 23.1 Å². The molecule has 0 spiro atoms. The molecule has 2 aromatic rings. The van der Waals surface area contributed by atoms with Crippen molar-refractivity contribution in [3.05, 3.63) is 59.7 Å². The van der Waals surface area contributed by atoms with E-state index in [9.17, 15) is 12.8 Å². The molecule has 0 saturated carbocycles. The van der Waals surface area contributed by atoms with Crippen LogP contribution in [0.5, 0.6) is 0 Å². The summed E-state index contributed by atoms with van der Waals surface area (Å²) in [6.07, 6.45) is 2.09. The van der Waals surface area contributed by atoms with Gasteiger partial charge in [-0.05, 0) is 17.2 Å². The lowest BCUT2D eigenvalue weighted by Crippen LogP contribution is -2.26. The number of nitrogens with two attached hydrogens (primary N) is 1. The molecule has 0 radical (unpaired) electrons. The fourth-order valence-corrected chi connectivity index (χ4v) is 3.04. The van der Waals surface area contributed by atoms with Crippen LogP contribution < -0.4 is 5.73 Å². The molecule has 21 heavy (non-hydrogen) atoms. The smallest absolute Gasteiger partial charge is 0.244 e. The van der Waals surface area contributed by atoms with Gasteiger partial charge in [0.1, 0.15) is 10.7 Å². The Bertz CT molecular complexity index is 735. The molecule has 1 heterocycles. The number of pyridine rings is 1. The minimum Gasteiger partial charge on any atom is -0.326 e. The zero-order chi connectivity index (χ0) is 15.5. The summed E-state index contributed by atoms with van der Waals surface area (Å²) in [5.41, 5.74) is 7.30. The van der Waals surface area contributed by atoms with Crippen LogP contribution in [0.3, 0.4) is 0 Å². The van der Waals surface area contributed by atoms with Crippen LogP contribution in [0.25, 0.3) is 0 Å². The van der Waals surface area contributed by atoms with Crippen molar-refractivity contribution in [3.8, 4) is 0 Å². The molecule has 0 fully saturated rings. The first kappa shape index (κ1) is 15.6. The summed E-state index contributed by atoms with van der Waals surface area (Å²) in [7, 11) is -2.34. The lowest BCUT2D eigenvalue weighted by Gasteiger charge is -2.17. The fourth-order valence-electron chi connectivity index (χ4n) is 1.91. The molecule has 0 unspecified atom stereocenters. The van der Waals surface area contributed by atoms with Crippen molar-refractivity contribution in [3.63, 3.8) is 0 Å². The number of hydrogen-bond acceptors (Lipinski definition) is 4. The van der Waals surface area contributed by atoms with Crippen LogP contribution in [0.2, 0.25) is 0 Å². The van der Waals surface area contributed by atoms with Gasteiger partial charge in [0.05, 0.1) is 6.20 Å². The molecule has 1 aromatic carbocycles. The molecule has 5 nitrogen and oxygen atoms in total. The second-order valence-electron chi connectivity index (χ2n) is 4.62. The van der Waals surface area contributed by atoms with Gasteiger partial charge in [-0.1, -0.05) is 24.3 Å². The van der Waals surface area contributed by atoms with E-state index in [1.807, 2.05) is 24.3 Å². The zero-order valence-electron chi connectivity index (χ0n) is 11.5. The SMILES string of the molecule is CN(Cc1cccc(CN)c1)S(=O)(=O)c1cncc(F)c1. The van der Waals surface area contributed by atoms with Gasteiger partial charge in [0, 0.05) is 26.3 Å². The highest BCUT2D eigenvalue weighted by Gasteiger charge is 2.21. The molecule has 0 aliphatic carbocycles. The number of benzene rings is 1. The second kappa shape index (κ2) is 6.30. The van der Waals surface area contributed by atoms with Crippen LogP contribution in [-0.4, -0.2) is 24.8 Å². The Hall–Kier alpha value is -1.83. The van der Waals surface area contributed by atoms with E-state index in [4.69, 9.17) is 5.73 Å². The van der Waals surface area contributed by atoms with Crippen LogP contribution in [0, 0.1) is 5.82 Å². The van der Waals surface area contributed by atoms with Gasteiger partial charge < -0.3 is 5.73 Å². The maximum Gasteiger partial charge on any atom is 0.244 e. The molecule has 2 rings (SSSR count). The van der Waals surface area contributed by atoms with Crippen LogP contribution in [0.1, 0.15) is 11.1 Å². The Morgan fingerprint density at radius 1 is 1.24 bits per heavy atom. The summed E-state index contributed by atoms with van der Waals surface area (Å²) >= 11 is 0. The molecular formula is C14H16FN3O2S. The third-order valence-corrected chi connectivity index (χ3v) is 4.79. The molecule has 0 saturated heterocycles. The van der Waals surface area contributed by atoms with Crippen molar-refractivity contribution in [2.45, 2.75) is 18.0 Å². The van der Waals surface area contributed by atoms with Crippen LogP contribution in [0.15, 0.2) is 47.6 Å². The van der Waals surface area contributed by atoms with Gasteiger partial charge >= 0.3 is 0 Å². The third kappa shape index (κ3) is 3.63. The predicted octanol–water partition coefficient (Wildman–Crippen LogP) is 1.50. The number of aromatic nitrogens is 1. The van der Waals surface area contributed by atoms with Crippen molar-refractivity contribution >= 4 is 10.0 Å². The summed E-state index contributed by atoms with van der Waals surface area (Å²) in [5.74, 6) is -0.686. The summed E-state index contributed by atoms with van der Waals surface area (Å²) in [4.78, 5) is 3.40. The Kier molecular flexibility index (Phi) is 4.66. The minimum atomic E-state index is -3.78. The van der Waals surface area contributed by atoms with Gasteiger partial charge in [0.25, 0.3) is 0 Å². The van der Waals surface area contributed by atoms with Crippen LogP contribution >= 0.6 is 0 Å². The average Bonchev–Trinajstić information content (AvgIpc) is 2.47. The second-order valence-corrected chi connectivity index (χ2v) is 6.67. The van der Waals surface area contributed by atoms with Crippen molar-refractivity contribution in [2.75, 3.05) is 7.05 Å². The standard InChI is InChI=1S/C14H16FN3O2S/c1-18(10-12-4-2-3-11(5-12)7-16)21(19,20)14-6-13(15)8-17-9-14/h2-6,8-9H,7,10,16H2,1H3. The number of nitrogens with zero attached hydrogens (tertiary/aromatic N) is 2. The van der Waals surface area contributed by atoms with Crippen molar-refractivity contribution in [2.24, 2.45) is 5.73 Å². The molecule has 112 valence electrons. The Morgan fingerprint density at radius 3 is 2.62 bits per heavy atom. The molecule has 0 aliphatic heterocycles. The van der Waals surface area contributed by atoms with Gasteiger partial charge in [-0.15, -0.1) is 0 Å². The summed E-state index contributed by atoms with van der Waals surface area (Å²) in [6, 6.07) is 8.30. The molecule has 0 amide bonds. The third-order valence-electron chi connectivity index (χ3n) is 3.02. The number of rotatable bonds is 5. The van der Waals surface area contributed by atoms with Gasteiger partial charge in [0.15, 0.2) is 0 Å². The number of hydrogen-bond donors (Lipinski definition) is 1. The summed E-state index contributed by atoms with van der Waals surface area (Å²) in [5, 5.41) is 0. The molecular weight excluding hydrogens is 293 g/mol. The molecule has 0 atom stereocenters. The van der Waals surface area contributed by atoms with E-state index in [0.717, 1.165) is 33.9 Å². The van der Waals surface area contributed by atoms with Gasteiger partial charge in [-0.3, -0.25) is 4.98 Å². The highest BCUT2D eigenvalue weighted by atomic mass is 32.2. The Morgan fingerprint density at radius 2 is 1.95 bits per heavy atom. The first-order chi connectivity index (χ1) is 9.93. The van der Waals surface area contributed by atoms with Crippen LogP contribution in [0.4, 0.5) is 4.39 Å². The van der Waals surface area contributed by atoms with Gasteiger partial charge in [-0.25, -0.2) is 12.8 Å². The minimum absolute atomic E-state index is 0.167. The zero-order valence-corrected chi connectivity index (χ0v) is 12.3. The molecule has 1 aromatic heterocycles. The lowest BCUT2D eigenvalue weighted by molar-refractivity contribution is 0.465. The van der Waals surface area contributed by atoms with Crippen molar-refractivity contribution in [1.29, 1.82) is 0 Å². The average molecular weight is 309 g/mol. The number of sulfonamides is 1. The summed E-state index contributed by atoms with van der Waals surface area (Å²) in [6.45, 7) is 0.560. The lowest BCUT2D eigenvalue weighted by atomic mass is 10.1. The summed E-state index contributed by atoms with van der Waals surface area (Å²) < 4.78 is 39.0. The maximum absolute atomic E-state index is 13.1. The Labute approximate surface area is 123 Å². The van der Waals surface area contributed by atoms with E-state index in [2.05, 4.69) is 4.98 Å². The highest BCUT2D eigenvalue weighted by molar-refractivity contribution is 7.89. The Balaban J connectivity index is 2.24. The fraction of sp³-hybridized carbons (Fsp3) is 0.214. The highest BCUT2D eigenvalue weighted by Crippen LogP contribution is 2.17. The molecule has 0 aliphatic rings. The topological polar surface area (TPSA) is 76.3 Å². The monoisotopic (exact) mass is 309 g/mol. The number of halogens is 1. The van der Waals surface area contributed by atoms with Crippen molar-refractivity contribution in [1.82, 2.24) is 9.29 Å². The van der Waals surface area contributed by atoms with E-state index in [0.29, 0.717) is 6.54 Å². The normalized spacial score (nSPS) is 11.8. The first-order valence-corrected chi connectivity index (χ1v) is 7.72.